The van der Waals surface area contributed by atoms with Crippen LogP contribution in [-0.2, 0) is 11.3 Å². The molecule has 1 aromatic carbocycles. The molecule has 0 aliphatic heterocycles. The molecule has 4 nitrogen and oxygen atoms in total. The Morgan fingerprint density at radius 1 is 1.21 bits per heavy atom. The van der Waals surface area contributed by atoms with Crippen molar-refractivity contribution in [2.24, 2.45) is 5.73 Å². The van der Waals surface area contributed by atoms with Crippen LogP contribution in [0.25, 0.3) is 0 Å². The number of nitrogens with two attached hydrogens (primary N) is 1. The second-order valence-electron chi connectivity index (χ2n) is 5.25. The van der Waals surface area contributed by atoms with Gasteiger partial charge >= 0.3 is 0 Å². The van der Waals surface area contributed by atoms with Crippen molar-refractivity contribution < 1.29 is 4.79 Å². The van der Waals surface area contributed by atoms with Gasteiger partial charge in [-0.3, -0.25) is 4.79 Å². The number of benzene rings is 1. The van der Waals surface area contributed by atoms with E-state index in [1.165, 1.54) is 16.7 Å². The molecule has 4 heteroatoms. The average Bonchev–Trinajstić information content (AvgIpc) is 2.35. The molecule has 1 aromatic rings. The van der Waals surface area contributed by atoms with Crippen molar-refractivity contribution >= 4 is 5.91 Å². The first-order chi connectivity index (χ1) is 8.93. The lowest BCUT2D eigenvalue weighted by atomic mass is 10.1. The Kier molecular flexibility index (Phi) is 5.99. The molecule has 0 unspecified atom stereocenters. The van der Waals surface area contributed by atoms with Gasteiger partial charge in [0.2, 0.25) is 5.91 Å². The summed E-state index contributed by atoms with van der Waals surface area (Å²) < 4.78 is 0. The summed E-state index contributed by atoms with van der Waals surface area (Å²) >= 11 is 0. The summed E-state index contributed by atoms with van der Waals surface area (Å²) in [6, 6.07) is 6.32. The molecule has 0 aromatic heterocycles. The molecule has 1 rings (SSSR count). The Hall–Kier alpha value is -1.39. The smallest absolute Gasteiger partial charge is 0.236 e. The summed E-state index contributed by atoms with van der Waals surface area (Å²) in [5.41, 5.74) is 9.14. The van der Waals surface area contributed by atoms with Gasteiger partial charge < -0.3 is 15.5 Å². The van der Waals surface area contributed by atoms with Crippen molar-refractivity contribution in [1.29, 1.82) is 0 Å². The maximum absolute atomic E-state index is 11.9. The monoisotopic (exact) mass is 263 g/mol. The minimum absolute atomic E-state index is 0.00169. The molecule has 0 spiro atoms. The number of nitrogens with zero attached hydrogens (tertiary/aromatic N) is 2. The molecular weight excluding hydrogens is 238 g/mol. The molecule has 106 valence electrons. The zero-order chi connectivity index (χ0) is 14.4. The summed E-state index contributed by atoms with van der Waals surface area (Å²) in [6.45, 7) is 6.41. The quantitative estimate of drug-likeness (QED) is 0.837. The fourth-order valence-electron chi connectivity index (χ4n) is 1.97. The van der Waals surface area contributed by atoms with Crippen LogP contribution in [0.1, 0.15) is 16.7 Å². The molecule has 0 heterocycles. The Morgan fingerprint density at radius 2 is 1.89 bits per heavy atom. The van der Waals surface area contributed by atoms with E-state index in [0.29, 0.717) is 13.1 Å². The highest BCUT2D eigenvalue weighted by molar-refractivity contribution is 5.78. The zero-order valence-electron chi connectivity index (χ0n) is 12.4. The number of carbonyl (C=O) groups is 1. The SMILES string of the molecule is Cc1ccc(CN(CCN(C)C)C(=O)CN)c(C)c1. The van der Waals surface area contributed by atoms with Crippen molar-refractivity contribution in [3.8, 4) is 0 Å². The van der Waals surface area contributed by atoms with E-state index in [1.807, 2.05) is 19.0 Å². The Bertz CT molecular complexity index is 429. The molecule has 0 fully saturated rings. The fourth-order valence-corrected chi connectivity index (χ4v) is 1.97. The molecule has 19 heavy (non-hydrogen) atoms. The highest BCUT2D eigenvalue weighted by Crippen LogP contribution is 2.13. The summed E-state index contributed by atoms with van der Waals surface area (Å²) in [6.07, 6.45) is 0. The van der Waals surface area contributed by atoms with E-state index in [1.54, 1.807) is 0 Å². The standard InChI is InChI=1S/C15H25N3O/c1-12-5-6-14(13(2)9-12)11-18(15(19)10-16)8-7-17(3)4/h5-6,9H,7-8,10-11,16H2,1-4H3. The highest BCUT2D eigenvalue weighted by Gasteiger charge is 2.13. The lowest BCUT2D eigenvalue weighted by molar-refractivity contribution is -0.130. The van der Waals surface area contributed by atoms with Gasteiger partial charge in [-0.2, -0.15) is 0 Å². The lowest BCUT2D eigenvalue weighted by Crippen LogP contribution is -2.39. The topological polar surface area (TPSA) is 49.6 Å². The predicted molar refractivity (Wildman–Crippen MR) is 78.9 cm³/mol. The lowest BCUT2D eigenvalue weighted by Gasteiger charge is -2.25. The number of carbonyl (C=O) groups excluding carboxylic acids is 1. The summed E-state index contributed by atoms with van der Waals surface area (Å²) in [5, 5.41) is 0. The number of aryl methyl sites for hydroxylation is 2. The molecular formula is C15H25N3O. The van der Waals surface area contributed by atoms with Crippen LogP contribution in [0.15, 0.2) is 18.2 Å². The second kappa shape index (κ2) is 7.26. The van der Waals surface area contributed by atoms with Crippen LogP contribution < -0.4 is 5.73 Å². The molecule has 0 aliphatic rings. The van der Waals surface area contributed by atoms with Crippen molar-refractivity contribution in [3.05, 3.63) is 34.9 Å². The van der Waals surface area contributed by atoms with E-state index in [2.05, 4.69) is 36.9 Å². The van der Waals surface area contributed by atoms with Gasteiger partial charge in [-0.25, -0.2) is 0 Å². The van der Waals surface area contributed by atoms with Crippen molar-refractivity contribution in [1.82, 2.24) is 9.80 Å². The van der Waals surface area contributed by atoms with Gasteiger partial charge in [0.15, 0.2) is 0 Å². The molecule has 0 atom stereocenters. The number of amides is 1. The van der Waals surface area contributed by atoms with E-state index in [9.17, 15) is 4.79 Å². The molecule has 2 N–H and O–H groups in total. The van der Waals surface area contributed by atoms with E-state index in [0.717, 1.165) is 6.54 Å². The van der Waals surface area contributed by atoms with Gasteiger partial charge in [-0.05, 0) is 39.1 Å². The van der Waals surface area contributed by atoms with E-state index >= 15 is 0 Å². The average molecular weight is 263 g/mol. The van der Waals surface area contributed by atoms with Gasteiger partial charge in [0, 0.05) is 19.6 Å². The van der Waals surface area contributed by atoms with E-state index in [-0.39, 0.29) is 12.5 Å². The zero-order valence-corrected chi connectivity index (χ0v) is 12.4. The third-order valence-corrected chi connectivity index (χ3v) is 3.20. The minimum Gasteiger partial charge on any atom is -0.336 e. The summed E-state index contributed by atoms with van der Waals surface area (Å²) in [4.78, 5) is 15.8. The largest absolute Gasteiger partial charge is 0.336 e. The number of hydrogen-bond donors (Lipinski definition) is 1. The van der Waals surface area contributed by atoms with Crippen LogP contribution in [0.4, 0.5) is 0 Å². The van der Waals surface area contributed by atoms with Crippen molar-refractivity contribution in [3.63, 3.8) is 0 Å². The molecule has 0 radical (unpaired) electrons. The third-order valence-electron chi connectivity index (χ3n) is 3.20. The van der Waals surface area contributed by atoms with Crippen LogP contribution in [0.5, 0.6) is 0 Å². The minimum atomic E-state index is 0.00169. The Morgan fingerprint density at radius 3 is 2.42 bits per heavy atom. The second-order valence-corrected chi connectivity index (χ2v) is 5.25. The van der Waals surface area contributed by atoms with Gasteiger partial charge in [0.05, 0.1) is 6.54 Å². The van der Waals surface area contributed by atoms with E-state index in [4.69, 9.17) is 5.73 Å². The summed E-state index contributed by atoms with van der Waals surface area (Å²) in [5.74, 6) is 0.00169. The van der Waals surface area contributed by atoms with Gasteiger partial charge in [-0.15, -0.1) is 0 Å². The first-order valence-electron chi connectivity index (χ1n) is 6.62. The molecule has 0 saturated heterocycles. The van der Waals surface area contributed by atoms with Crippen LogP contribution in [0.2, 0.25) is 0 Å². The summed E-state index contributed by atoms with van der Waals surface area (Å²) in [7, 11) is 4.00. The van der Waals surface area contributed by atoms with Crippen LogP contribution >= 0.6 is 0 Å². The Balaban J connectivity index is 2.78. The molecule has 0 saturated carbocycles. The highest BCUT2D eigenvalue weighted by atomic mass is 16.2. The first kappa shape index (κ1) is 15.7. The Labute approximate surface area is 116 Å². The van der Waals surface area contributed by atoms with Gasteiger partial charge in [0.25, 0.3) is 0 Å². The van der Waals surface area contributed by atoms with Crippen molar-refractivity contribution in [2.45, 2.75) is 20.4 Å². The van der Waals surface area contributed by atoms with Gasteiger partial charge in [0.1, 0.15) is 0 Å². The fraction of sp³-hybridized carbons (Fsp3) is 0.533. The van der Waals surface area contributed by atoms with Crippen LogP contribution in [0, 0.1) is 13.8 Å². The van der Waals surface area contributed by atoms with E-state index < -0.39 is 0 Å². The number of likely N-dealkylation sites (N-methyl/N-ethyl adjacent to an activating group) is 1. The third kappa shape index (κ3) is 5.01. The normalized spacial score (nSPS) is 10.8. The predicted octanol–water partition coefficient (Wildman–Crippen LogP) is 1.15. The number of rotatable bonds is 6. The maximum Gasteiger partial charge on any atom is 0.236 e. The first-order valence-corrected chi connectivity index (χ1v) is 6.62. The molecule has 1 amide bonds. The molecule has 0 bridgehead atoms. The molecule has 0 aliphatic carbocycles. The van der Waals surface area contributed by atoms with Gasteiger partial charge in [-0.1, -0.05) is 23.8 Å². The van der Waals surface area contributed by atoms with Crippen LogP contribution in [0.3, 0.4) is 0 Å². The number of hydrogen-bond acceptors (Lipinski definition) is 3. The maximum atomic E-state index is 11.9. The van der Waals surface area contributed by atoms with Crippen LogP contribution in [-0.4, -0.2) is 49.4 Å². The van der Waals surface area contributed by atoms with Crippen molar-refractivity contribution in [2.75, 3.05) is 33.7 Å².